The van der Waals surface area contributed by atoms with Gasteiger partial charge >= 0.3 is 0 Å². The van der Waals surface area contributed by atoms with Crippen molar-refractivity contribution in [1.82, 2.24) is 0 Å². The van der Waals surface area contributed by atoms with Crippen molar-refractivity contribution in [3.05, 3.63) is 35.4 Å². The number of rotatable bonds is 4. The van der Waals surface area contributed by atoms with E-state index in [2.05, 4.69) is 12.1 Å². The van der Waals surface area contributed by atoms with Crippen molar-refractivity contribution in [3.63, 3.8) is 0 Å². The molecular formula is C13H22O2. The van der Waals surface area contributed by atoms with E-state index in [1.807, 2.05) is 32.9 Å². The highest BCUT2D eigenvalue weighted by Crippen LogP contribution is 2.20. The lowest BCUT2D eigenvalue weighted by molar-refractivity contribution is 0.115. The molecule has 0 saturated heterocycles. The highest BCUT2D eigenvalue weighted by molar-refractivity contribution is 5.28. The predicted molar refractivity (Wildman–Crippen MR) is 63.9 cm³/mol. The molecule has 1 aromatic carbocycles. The molecule has 15 heavy (non-hydrogen) atoms. The van der Waals surface area contributed by atoms with Gasteiger partial charge in [0.05, 0.1) is 12.7 Å². The molecule has 0 aromatic heterocycles. The van der Waals surface area contributed by atoms with E-state index in [9.17, 15) is 0 Å². The molecule has 86 valence electrons. The van der Waals surface area contributed by atoms with Gasteiger partial charge in [0, 0.05) is 14.2 Å². The first kappa shape index (κ1) is 14.1. The van der Waals surface area contributed by atoms with Crippen LogP contribution in [0.1, 0.15) is 38.0 Å². The Kier molecular flexibility index (Phi) is 7.96. The van der Waals surface area contributed by atoms with Gasteiger partial charge in [-0.05, 0) is 18.1 Å². The van der Waals surface area contributed by atoms with E-state index in [4.69, 9.17) is 9.47 Å². The molecule has 2 nitrogen and oxygen atoms in total. The lowest BCUT2D eigenvalue weighted by Crippen LogP contribution is -2.01. The van der Waals surface area contributed by atoms with Gasteiger partial charge < -0.3 is 9.47 Å². The quantitative estimate of drug-likeness (QED) is 0.756. The predicted octanol–water partition coefficient (Wildman–Crippen LogP) is 3.57. The highest BCUT2D eigenvalue weighted by atomic mass is 16.5. The molecule has 0 spiro atoms. The molecule has 0 aliphatic carbocycles. The average molecular weight is 210 g/mol. The van der Waals surface area contributed by atoms with Crippen LogP contribution in [0, 0.1) is 0 Å². The maximum Gasteiger partial charge on any atom is 0.0796 e. The van der Waals surface area contributed by atoms with E-state index < -0.39 is 0 Å². The van der Waals surface area contributed by atoms with Gasteiger partial charge in [-0.25, -0.2) is 0 Å². The Bertz CT molecular complexity index is 258. The minimum absolute atomic E-state index is 0.131. The van der Waals surface area contributed by atoms with Crippen LogP contribution in [0.25, 0.3) is 0 Å². The first-order valence-corrected chi connectivity index (χ1v) is 5.39. The summed E-state index contributed by atoms with van der Waals surface area (Å²) in [6.07, 6.45) is 0.131. The number of benzene rings is 1. The summed E-state index contributed by atoms with van der Waals surface area (Å²) in [5, 5.41) is 0. The Labute approximate surface area is 93.2 Å². The second-order valence-electron chi connectivity index (χ2n) is 3.01. The van der Waals surface area contributed by atoms with E-state index in [-0.39, 0.29) is 6.10 Å². The van der Waals surface area contributed by atoms with E-state index >= 15 is 0 Å². The molecule has 0 saturated carbocycles. The molecule has 0 amide bonds. The second-order valence-corrected chi connectivity index (χ2v) is 3.01. The molecule has 2 heteroatoms. The number of hydrogen-bond acceptors (Lipinski definition) is 2. The zero-order valence-corrected chi connectivity index (χ0v) is 10.4. The molecule has 1 aromatic rings. The maximum atomic E-state index is 5.27. The summed E-state index contributed by atoms with van der Waals surface area (Å²) < 4.78 is 10.4. The summed E-state index contributed by atoms with van der Waals surface area (Å²) in [5.41, 5.74) is 2.39. The molecular weight excluding hydrogens is 188 g/mol. The van der Waals surface area contributed by atoms with Crippen LogP contribution in [-0.4, -0.2) is 14.2 Å². The average Bonchev–Trinajstić information content (AvgIpc) is 2.32. The van der Waals surface area contributed by atoms with Gasteiger partial charge in [-0.15, -0.1) is 0 Å². The van der Waals surface area contributed by atoms with Crippen molar-refractivity contribution < 1.29 is 9.47 Å². The van der Waals surface area contributed by atoms with E-state index in [0.717, 1.165) is 0 Å². The third kappa shape index (κ3) is 4.45. The summed E-state index contributed by atoms with van der Waals surface area (Å²) in [4.78, 5) is 0. The number of methoxy groups -OCH3 is 2. The van der Waals surface area contributed by atoms with Crippen molar-refractivity contribution in [2.75, 3.05) is 14.2 Å². The fourth-order valence-electron chi connectivity index (χ4n) is 1.34. The van der Waals surface area contributed by atoms with Crippen molar-refractivity contribution in [2.45, 2.75) is 33.5 Å². The largest absolute Gasteiger partial charge is 0.380 e. The van der Waals surface area contributed by atoms with Gasteiger partial charge in [-0.2, -0.15) is 0 Å². The van der Waals surface area contributed by atoms with Crippen LogP contribution >= 0.6 is 0 Å². The fourth-order valence-corrected chi connectivity index (χ4v) is 1.34. The van der Waals surface area contributed by atoms with Crippen LogP contribution in [0.15, 0.2) is 24.3 Å². The molecule has 0 aliphatic rings. The molecule has 0 heterocycles. The van der Waals surface area contributed by atoms with Crippen molar-refractivity contribution in [2.24, 2.45) is 0 Å². The van der Waals surface area contributed by atoms with Crippen LogP contribution in [0.4, 0.5) is 0 Å². The van der Waals surface area contributed by atoms with Gasteiger partial charge in [-0.1, -0.05) is 38.1 Å². The number of hydrogen-bond donors (Lipinski definition) is 0. The van der Waals surface area contributed by atoms with Crippen LogP contribution < -0.4 is 0 Å². The summed E-state index contributed by atoms with van der Waals surface area (Å²) in [7, 11) is 3.42. The summed E-state index contributed by atoms with van der Waals surface area (Å²) in [5.74, 6) is 0. The third-order valence-electron chi connectivity index (χ3n) is 2.15. The van der Waals surface area contributed by atoms with Crippen molar-refractivity contribution in [3.8, 4) is 0 Å². The van der Waals surface area contributed by atoms with Crippen LogP contribution in [0.5, 0.6) is 0 Å². The van der Waals surface area contributed by atoms with Gasteiger partial charge in [0.2, 0.25) is 0 Å². The minimum atomic E-state index is 0.131. The molecule has 0 fully saturated rings. The highest BCUT2D eigenvalue weighted by Gasteiger charge is 2.07. The van der Waals surface area contributed by atoms with Crippen LogP contribution in [0.3, 0.4) is 0 Å². The van der Waals surface area contributed by atoms with Crippen molar-refractivity contribution >= 4 is 0 Å². The molecule has 1 atom stereocenters. The zero-order valence-electron chi connectivity index (χ0n) is 10.4. The van der Waals surface area contributed by atoms with Gasteiger partial charge in [-0.3, -0.25) is 0 Å². The topological polar surface area (TPSA) is 18.5 Å². The SMILES string of the molecule is CC.COCc1ccccc1C(C)OC. The van der Waals surface area contributed by atoms with E-state index in [1.165, 1.54) is 11.1 Å². The second kappa shape index (κ2) is 8.45. The minimum Gasteiger partial charge on any atom is -0.380 e. The molecule has 0 N–H and O–H groups in total. The standard InChI is InChI=1S/C11H16O2.C2H6/c1-9(13-3)11-7-5-4-6-10(11)8-12-2;1-2/h4-7,9H,8H2,1-3H3;1-2H3. The molecule has 1 rings (SSSR count). The van der Waals surface area contributed by atoms with Gasteiger partial charge in [0.25, 0.3) is 0 Å². The smallest absolute Gasteiger partial charge is 0.0796 e. The normalized spacial score (nSPS) is 11.5. The van der Waals surface area contributed by atoms with Gasteiger partial charge in [0.15, 0.2) is 0 Å². The fraction of sp³-hybridized carbons (Fsp3) is 0.538. The Morgan fingerprint density at radius 1 is 1.13 bits per heavy atom. The lowest BCUT2D eigenvalue weighted by atomic mass is 10.0. The van der Waals surface area contributed by atoms with Crippen molar-refractivity contribution in [1.29, 1.82) is 0 Å². The molecule has 0 aliphatic heterocycles. The zero-order chi connectivity index (χ0) is 11.7. The Balaban J connectivity index is 0.000000921. The van der Waals surface area contributed by atoms with Crippen LogP contribution in [0.2, 0.25) is 0 Å². The monoisotopic (exact) mass is 210 g/mol. The van der Waals surface area contributed by atoms with Gasteiger partial charge in [0.1, 0.15) is 0 Å². The summed E-state index contributed by atoms with van der Waals surface area (Å²) in [6.45, 7) is 6.68. The van der Waals surface area contributed by atoms with Crippen LogP contribution in [-0.2, 0) is 16.1 Å². The Morgan fingerprint density at radius 2 is 1.73 bits per heavy atom. The van der Waals surface area contributed by atoms with E-state index in [1.54, 1.807) is 14.2 Å². The Morgan fingerprint density at radius 3 is 2.27 bits per heavy atom. The molecule has 0 bridgehead atoms. The van der Waals surface area contributed by atoms with E-state index in [0.29, 0.717) is 6.61 Å². The molecule has 1 unspecified atom stereocenters. The summed E-state index contributed by atoms with van der Waals surface area (Å²) in [6, 6.07) is 8.17. The summed E-state index contributed by atoms with van der Waals surface area (Å²) >= 11 is 0. The third-order valence-corrected chi connectivity index (χ3v) is 2.15. The lowest BCUT2D eigenvalue weighted by Gasteiger charge is -2.14. The molecule has 0 radical (unpaired) electrons. The maximum absolute atomic E-state index is 5.27. The first-order chi connectivity index (χ1) is 7.29. The number of ether oxygens (including phenoxy) is 2. The Hall–Kier alpha value is -0.860. The first-order valence-electron chi connectivity index (χ1n) is 5.39.